The molecule has 43 valence electrons. The number of carboxylic acid groups (broad SMARTS) is 1. The van der Waals surface area contributed by atoms with Gasteiger partial charge in [0.2, 0.25) is 0 Å². The van der Waals surface area contributed by atoms with Crippen LogP contribution in [0.2, 0.25) is 0 Å². The SMILES string of the molecule is CC(CO)C(=O)O.[Na]. The van der Waals surface area contributed by atoms with Gasteiger partial charge >= 0.3 is 5.97 Å². The Morgan fingerprint density at radius 3 is 2.12 bits per heavy atom. The van der Waals surface area contributed by atoms with Crippen LogP contribution in [0.15, 0.2) is 0 Å². The average molecular weight is 127 g/mol. The zero-order valence-electron chi connectivity index (χ0n) is 5.09. The van der Waals surface area contributed by atoms with Gasteiger partial charge in [0.1, 0.15) is 0 Å². The van der Waals surface area contributed by atoms with E-state index in [2.05, 4.69) is 0 Å². The van der Waals surface area contributed by atoms with E-state index < -0.39 is 11.9 Å². The van der Waals surface area contributed by atoms with Gasteiger partial charge in [-0.3, -0.25) is 4.79 Å². The Morgan fingerprint density at radius 1 is 1.75 bits per heavy atom. The molecule has 0 aliphatic carbocycles. The summed E-state index contributed by atoms with van der Waals surface area (Å²) in [6.45, 7) is 1.16. The second kappa shape index (κ2) is 5.56. The summed E-state index contributed by atoms with van der Waals surface area (Å²) in [4.78, 5) is 9.77. The van der Waals surface area contributed by atoms with Crippen molar-refractivity contribution >= 4 is 35.5 Å². The molecule has 0 aliphatic heterocycles. The molecule has 4 heteroatoms. The Bertz CT molecular complexity index is 73.7. The molecule has 0 saturated heterocycles. The fourth-order valence-corrected chi connectivity index (χ4v) is 0.0781. The summed E-state index contributed by atoms with van der Waals surface area (Å²) >= 11 is 0. The zero-order valence-corrected chi connectivity index (χ0v) is 7.09. The van der Waals surface area contributed by atoms with Gasteiger partial charge in [-0.2, -0.15) is 0 Å². The van der Waals surface area contributed by atoms with E-state index in [4.69, 9.17) is 10.2 Å². The van der Waals surface area contributed by atoms with Crippen molar-refractivity contribution in [3.05, 3.63) is 0 Å². The molecular weight excluding hydrogens is 119 g/mol. The van der Waals surface area contributed by atoms with E-state index in [1.54, 1.807) is 0 Å². The maximum atomic E-state index is 9.77. The molecule has 1 radical (unpaired) electrons. The fraction of sp³-hybridized carbons (Fsp3) is 0.750. The quantitative estimate of drug-likeness (QED) is 0.483. The van der Waals surface area contributed by atoms with Crippen LogP contribution in [0.25, 0.3) is 0 Å². The van der Waals surface area contributed by atoms with Crippen molar-refractivity contribution in [2.75, 3.05) is 6.61 Å². The second-order valence-electron chi connectivity index (χ2n) is 1.42. The Hall–Kier alpha value is 0.430. The minimum Gasteiger partial charge on any atom is -0.481 e. The normalized spacial score (nSPS) is 11.8. The largest absolute Gasteiger partial charge is 0.481 e. The van der Waals surface area contributed by atoms with Gasteiger partial charge in [-0.1, -0.05) is 0 Å². The molecule has 0 rings (SSSR count). The average Bonchev–Trinajstić information content (AvgIpc) is 1.65. The van der Waals surface area contributed by atoms with E-state index in [0.29, 0.717) is 0 Å². The number of hydrogen-bond donors (Lipinski definition) is 2. The first-order valence-corrected chi connectivity index (χ1v) is 2.02. The number of rotatable bonds is 2. The summed E-state index contributed by atoms with van der Waals surface area (Å²) in [6.07, 6.45) is 0. The summed E-state index contributed by atoms with van der Waals surface area (Å²) in [5.41, 5.74) is 0. The van der Waals surface area contributed by atoms with Gasteiger partial charge in [0.25, 0.3) is 0 Å². The third-order valence-electron chi connectivity index (χ3n) is 0.695. The summed E-state index contributed by atoms with van der Waals surface area (Å²) in [6, 6.07) is 0. The first-order chi connectivity index (χ1) is 3.18. The van der Waals surface area contributed by atoms with E-state index in [1.807, 2.05) is 0 Å². The van der Waals surface area contributed by atoms with Crippen molar-refractivity contribution in [1.82, 2.24) is 0 Å². The summed E-state index contributed by atoms with van der Waals surface area (Å²) in [5, 5.41) is 16.1. The van der Waals surface area contributed by atoms with Crippen LogP contribution in [0.4, 0.5) is 0 Å². The van der Waals surface area contributed by atoms with E-state index >= 15 is 0 Å². The van der Waals surface area contributed by atoms with Gasteiger partial charge in [0.15, 0.2) is 0 Å². The Kier molecular flexibility index (Phi) is 7.83. The van der Waals surface area contributed by atoms with Crippen LogP contribution >= 0.6 is 0 Å². The van der Waals surface area contributed by atoms with Gasteiger partial charge in [-0.05, 0) is 6.92 Å². The summed E-state index contributed by atoms with van der Waals surface area (Å²) in [5.74, 6) is -1.58. The van der Waals surface area contributed by atoms with Crippen molar-refractivity contribution in [1.29, 1.82) is 0 Å². The third kappa shape index (κ3) is 4.59. The molecule has 0 fully saturated rings. The van der Waals surface area contributed by atoms with Crippen LogP contribution in [0.1, 0.15) is 6.92 Å². The van der Waals surface area contributed by atoms with Crippen molar-refractivity contribution in [3.8, 4) is 0 Å². The fourth-order valence-electron chi connectivity index (χ4n) is 0.0781. The second-order valence-corrected chi connectivity index (χ2v) is 1.42. The molecule has 0 aromatic heterocycles. The molecular formula is C4H8NaO3. The van der Waals surface area contributed by atoms with Crippen LogP contribution in [0.3, 0.4) is 0 Å². The van der Waals surface area contributed by atoms with Gasteiger partial charge in [0, 0.05) is 29.6 Å². The van der Waals surface area contributed by atoms with Crippen molar-refractivity contribution in [2.45, 2.75) is 6.92 Å². The van der Waals surface area contributed by atoms with Gasteiger partial charge in [0.05, 0.1) is 12.5 Å². The Morgan fingerprint density at radius 2 is 2.12 bits per heavy atom. The molecule has 0 spiro atoms. The standard InChI is InChI=1S/C4H8O3.Na/c1-3(2-5)4(6)7;/h3,5H,2H2,1H3,(H,6,7);. The molecule has 0 amide bonds. The van der Waals surface area contributed by atoms with Crippen molar-refractivity contribution in [2.24, 2.45) is 5.92 Å². The molecule has 0 heterocycles. The monoisotopic (exact) mass is 127 g/mol. The van der Waals surface area contributed by atoms with E-state index in [1.165, 1.54) is 6.92 Å². The molecule has 2 N–H and O–H groups in total. The third-order valence-corrected chi connectivity index (χ3v) is 0.695. The first kappa shape index (κ1) is 11.3. The van der Waals surface area contributed by atoms with Gasteiger partial charge in [-0.25, -0.2) is 0 Å². The molecule has 0 aromatic carbocycles. The van der Waals surface area contributed by atoms with Crippen LogP contribution < -0.4 is 0 Å². The smallest absolute Gasteiger partial charge is 0.308 e. The molecule has 0 aliphatic rings. The predicted octanol–water partition coefficient (Wildman–Crippen LogP) is -0.681. The van der Waals surface area contributed by atoms with Crippen LogP contribution in [-0.4, -0.2) is 52.3 Å². The topological polar surface area (TPSA) is 57.5 Å². The first-order valence-electron chi connectivity index (χ1n) is 2.02. The number of aliphatic carboxylic acids is 1. The van der Waals surface area contributed by atoms with E-state index in [0.717, 1.165) is 0 Å². The van der Waals surface area contributed by atoms with E-state index in [9.17, 15) is 4.79 Å². The zero-order chi connectivity index (χ0) is 5.86. The van der Waals surface area contributed by atoms with E-state index in [-0.39, 0.29) is 36.2 Å². The molecule has 0 aromatic rings. The number of aliphatic hydroxyl groups excluding tert-OH is 1. The Labute approximate surface area is 70.0 Å². The van der Waals surface area contributed by atoms with Crippen LogP contribution in [0, 0.1) is 5.92 Å². The summed E-state index contributed by atoms with van der Waals surface area (Å²) in [7, 11) is 0. The van der Waals surface area contributed by atoms with Crippen LogP contribution in [-0.2, 0) is 4.79 Å². The maximum Gasteiger partial charge on any atom is 0.308 e. The minimum absolute atomic E-state index is 0. The van der Waals surface area contributed by atoms with Gasteiger partial charge < -0.3 is 10.2 Å². The van der Waals surface area contributed by atoms with Gasteiger partial charge in [-0.15, -0.1) is 0 Å². The number of carbonyl (C=O) groups is 1. The molecule has 0 saturated carbocycles. The number of hydrogen-bond acceptors (Lipinski definition) is 2. The molecule has 1 atom stereocenters. The van der Waals surface area contributed by atoms with Crippen molar-refractivity contribution in [3.63, 3.8) is 0 Å². The molecule has 1 unspecified atom stereocenters. The maximum absolute atomic E-state index is 9.77. The molecule has 8 heavy (non-hydrogen) atoms. The van der Waals surface area contributed by atoms with Crippen LogP contribution in [0.5, 0.6) is 0 Å². The molecule has 0 bridgehead atoms. The van der Waals surface area contributed by atoms with Crippen molar-refractivity contribution < 1.29 is 15.0 Å². The number of aliphatic hydroxyl groups is 1. The summed E-state index contributed by atoms with van der Waals surface area (Å²) < 4.78 is 0. The number of carboxylic acids is 1. The predicted molar refractivity (Wildman–Crippen MR) is 29.6 cm³/mol. The Balaban J connectivity index is 0. The molecule has 3 nitrogen and oxygen atoms in total. The minimum atomic E-state index is -0.956.